The van der Waals surface area contributed by atoms with Gasteiger partial charge in [0.2, 0.25) is 5.91 Å². The minimum absolute atomic E-state index is 0.0887. The van der Waals surface area contributed by atoms with Crippen LogP contribution in [0.4, 0.5) is 0 Å². The highest BCUT2D eigenvalue weighted by atomic mass is 16.2. The number of nitrogens with one attached hydrogen (secondary N) is 2. The summed E-state index contributed by atoms with van der Waals surface area (Å²) in [4.78, 5) is 21.8. The van der Waals surface area contributed by atoms with Crippen molar-refractivity contribution in [1.82, 2.24) is 20.2 Å². The molecule has 0 radical (unpaired) electrons. The van der Waals surface area contributed by atoms with Crippen molar-refractivity contribution >= 4 is 5.91 Å². The number of carbonyl (C=O) groups is 1. The first-order chi connectivity index (χ1) is 8.74. The fraction of sp³-hybridized carbons (Fsp3) is 0.692. The normalized spacial score (nSPS) is 24.9. The Morgan fingerprint density at radius 2 is 2.22 bits per heavy atom. The van der Waals surface area contributed by atoms with Gasteiger partial charge in [-0.1, -0.05) is 6.92 Å². The molecule has 3 heterocycles. The molecule has 18 heavy (non-hydrogen) atoms. The molecule has 5 heteroatoms. The van der Waals surface area contributed by atoms with Gasteiger partial charge in [0.25, 0.3) is 0 Å². The number of aromatic amines is 1. The lowest BCUT2D eigenvalue weighted by Gasteiger charge is -2.34. The van der Waals surface area contributed by atoms with E-state index in [1.54, 1.807) is 6.33 Å². The summed E-state index contributed by atoms with van der Waals surface area (Å²) in [5.74, 6) is 1.00. The molecule has 1 unspecified atom stereocenters. The molecule has 0 bridgehead atoms. The number of piperidine rings is 1. The number of amides is 1. The maximum atomic E-state index is 12.4. The van der Waals surface area contributed by atoms with Gasteiger partial charge in [-0.25, -0.2) is 4.98 Å². The highest BCUT2D eigenvalue weighted by Crippen LogP contribution is 2.19. The largest absolute Gasteiger partial charge is 0.347 e. The standard InChI is InChI=1S/C13H20N4O/c1-9-2-4-17(5-3-9)13(18)11-6-10-12(7-14-11)16-8-15-10/h8-9,11,14H,2-7H2,1H3,(H,15,16). The van der Waals surface area contributed by atoms with Gasteiger partial charge in [0.15, 0.2) is 0 Å². The van der Waals surface area contributed by atoms with Gasteiger partial charge in [0.1, 0.15) is 0 Å². The Labute approximate surface area is 107 Å². The first-order valence-electron chi connectivity index (χ1n) is 6.77. The molecule has 2 N–H and O–H groups in total. The van der Waals surface area contributed by atoms with Gasteiger partial charge >= 0.3 is 0 Å². The van der Waals surface area contributed by atoms with E-state index in [-0.39, 0.29) is 11.9 Å². The lowest BCUT2D eigenvalue weighted by atomic mass is 9.97. The van der Waals surface area contributed by atoms with Crippen LogP contribution in [0.25, 0.3) is 0 Å². The summed E-state index contributed by atoms with van der Waals surface area (Å²) >= 11 is 0. The summed E-state index contributed by atoms with van der Waals surface area (Å²) in [5, 5.41) is 3.31. The Morgan fingerprint density at radius 1 is 1.44 bits per heavy atom. The maximum absolute atomic E-state index is 12.4. The van der Waals surface area contributed by atoms with Gasteiger partial charge in [0, 0.05) is 26.1 Å². The molecule has 0 aliphatic carbocycles. The summed E-state index contributed by atoms with van der Waals surface area (Å²) in [7, 11) is 0. The summed E-state index contributed by atoms with van der Waals surface area (Å²) < 4.78 is 0. The average molecular weight is 248 g/mol. The molecule has 3 rings (SSSR count). The topological polar surface area (TPSA) is 61.0 Å². The van der Waals surface area contributed by atoms with E-state index in [1.165, 1.54) is 0 Å². The van der Waals surface area contributed by atoms with E-state index in [2.05, 4.69) is 22.2 Å². The minimum atomic E-state index is -0.0887. The van der Waals surface area contributed by atoms with E-state index in [1.807, 2.05) is 4.90 Å². The molecule has 98 valence electrons. The number of imidazole rings is 1. The molecular weight excluding hydrogens is 228 g/mol. The number of likely N-dealkylation sites (tertiary alicyclic amines) is 1. The molecule has 1 aromatic heterocycles. The van der Waals surface area contributed by atoms with E-state index in [9.17, 15) is 4.79 Å². The molecule has 1 aromatic rings. The molecule has 0 saturated carbocycles. The van der Waals surface area contributed by atoms with Crippen LogP contribution in [-0.2, 0) is 17.8 Å². The van der Waals surface area contributed by atoms with Crippen LogP contribution >= 0.6 is 0 Å². The van der Waals surface area contributed by atoms with E-state index < -0.39 is 0 Å². The second kappa shape index (κ2) is 4.72. The van der Waals surface area contributed by atoms with Crippen molar-refractivity contribution in [1.29, 1.82) is 0 Å². The number of aromatic nitrogens is 2. The summed E-state index contributed by atoms with van der Waals surface area (Å²) in [6, 6.07) is -0.0887. The van der Waals surface area contributed by atoms with Crippen LogP contribution in [0.1, 0.15) is 31.2 Å². The Hall–Kier alpha value is -1.36. The molecule has 5 nitrogen and oxygen atoms in total. The highest BCUT2D eigenvalue weighted by Gasteiger charge is 2.30. The molecule has 0 aromatic carbocycles. The zero-order chi connectivity index (χ0) is 12.5. The quantitative estimate of drug-likeness (QED) is 0.768. The molecule has 0 spiro atoms. The third-order valence-electron chi connectivity index (χ3n) is 4.12. The molecule has 1 atom stereocenters. The fourth-order valence-electron chi connectivity index (χ4n) is 2.79. The van der Waals surface area contributed by atoms with Crippen LogP contribution in [0.15, 0.2) is 6.33 Å². The van der Waals surface area contributed by atoms with Gasteiger partial charge in [-0.15, -0.1) is 0 Å². The first kappa shape index (κ1) is 11.7. The minimum Gasteiger partial charge on any atom is -0.347 e. The van der Waals surface area contributed by atoms with Crippen LogP contribution in [0.5, 0.6) is 0 Å². The zero-order valence-electron chi connectivity index (χ0n) is 10.8. The lowest BCUT2D eigenvalue weighted by Crippen LogP contribution is -2.51. The van der Waals surface area contributed by atoms with Gasteiger partial charge < -0.3 is 9.88 Å². The number of hydrogen-bond acceptors (Lipinski definition) is 3. The predicted octanol–water partition coefficient (Wildman–Crippen LogP) is 0.682. The zero-order valence-corrected chi connectivity index (χ0v) is 10.8. The number of H-pyrrole nitrogens is 1. The van der Waals surface area contributed by atoms with Crippen LogP contribution in [0.3, 0.4) is 0 Å². The first-order valence-corrected chi connectivity index (χ1v) is 6.77. The van der Waals surface area contributed by atoms with E-state index in [0.29, 0.717) is 6.42 Å². The van der Waals surface area contributed by atoms with Crippen molar-refractivity contribution < 1.29 is 4.79 Å². The number of hydrogen-bond donors (Lipinski definition) is 2. The van der Waals surface area contributed by atoms with Crippen molar-refractivity contribution in [2.45, 2.75) is 38.8 Å². The highest BCUT2D eigenvalue weighted by molar-refractivity contribution is 5.82. The second-order valence-corrected chi connectivity index (χ2v) is 5.47. The van der Waals surface area contributed by atoms with Crippen LogP contribution in [-0.4, -0.2) is 39.9 Å². The van der Waals surface area contributed by atoms with Crippen molar-refractivity contribution in [3.8, 4) is 0 Å². The number of fused-ring (bicyclic) bond motifs is 1. The van der Waals surface area contributed by atoms with Crippen molar-refractivity contribution in [3.63, 3.8) is 0 Å². The molecule has 2 aliphatic rings. The van der Waals surface area contributed by atoms with Gasteiger partial charge in [0.05, 0.1) is 23.8 Å². The monoisotopic (exact) mass is 248 g/mol. The van der Waals surface area contributed by atoms with Crippen molar-refractivity contribution in [2.75, 3.05) is 13.1 Å². The SMILES string of the molecule is CC1CCN(C(=O)C2Cc3nc[nH]c3CN2)CC1. The lowest BCUT2D eigenvalue weighted by molar-refractivity contribution is -0.135. The smallest absolute Gasteiger partial charge is 0.240 e. The predicted molar refractivity (Wildman–Crippen MR) is 67.9 cm³/mol. The van der Waals surface area contributed by atoms with Crippen LogP contribution in [0, 0.1) is 5.92 Å². The van der Waals surface area contributed by atoms with Crippen LogP contribution in [0.2, 0.25) is 0 Å². The maximum Gasteiger partial charge on any atom is 0.240 e. The van der Waals surface area contributed by atoms with E-state index in [4.69, 9.17) is 0 Å². The van der Waals surface area contributed by atoms with E-state index in [0.717, 1.165) is 49.8 Å². The Bertz CT molecular complexity index is 434. The Kier molecular flexibility index (Phi) is 3.07. The number of nitrogens with zero attached hydrogens (tertiary/aromatic N) is 2. The summed E-state index contributed by atoms with van der Waals surface area (Å²) in [5.41, 5.74) is 2.16. The molecule has 1 fully saturated rings. The average Bonchev–Trinajstić information content (AvgIpc) is 2.86. The van der Waals surface area contributed by atoms with Gasteiger partial charge in [-0.2, -0.15) is 0 Å². The molecular formula is C13H20N4O. The Balaban J connectivity index is 1.64. The van der Waals surface area contributed by atoms with Crippen LogP contribution < -0.4 is 5.32 Å². The number of carbonyl (C=O) groups excluding carboxylic acids is 1. The number of rotatable bonds is 1. The third-order valence-corrected chi connectivity index (χ3v) is 4.12. The van der Waals surface area contributed by atoms with Gasteiger partial charge in [-0.3, -0.25) is 10.1 Å². The molecule has 1 saturated heterocycles. The molecule has 2 aliphatic heterocycles. The van der Waals surface area contributed by atoms with E-state index >= 15 is 0 Å². The van der Waals surface area contributed by atoms with Crippen molar-refractivity contribution in [2.24, 2.45) is 5.92 Å². The van der Waals surface area contributed by atoms with Gasteiger partial charge in [-0.05, 0) is 18.8 Å². The summed E-state index contributed by atoms with van der Waals surface area (Å²) in [6.07, 6.45) is 4.68. The second-order valence-electron chi connectivity index (χ2n) is 5.47. The molecule has 1 amide bonds. The fourth-order valence-corrected chi connectivity index (χ4v) is 2.79. The third kappa shape index (κ3) is 2.14. The Morgan fingerprint density at radius 3 is 3.00 bits per heavy atom. The van der Waals surface area contributed by atoms with Crippen molar-refractivity contribution in [3.05, 3.63) is 17.7 Å². The summed E-state index contributed by atoms with van der Waals surface area (Å²) in [6.45, 7) is 4.80.